The summed E-state index contributed by atoms with van der Waals surface area (Å²) < 4.78 is 20.5. The first kappa shape index (κ1) is 13.8. The molecule has 0 saturated carbocycles. The molecule has 0 radical (unpaired) electrons. The Hall–Kier alpha value is -0.650. The summed E-state index contributed by atoms with van der Waals surface area (Å²) in [6.07, 6.45) is 1.61. The molecular weight excluding hydrogens is 365 g/mol. The van der Waals surface area contributed by atoms with Crippen molar-refractivity contribution in [1.29, 1.82) is 0 Å². The van der Waals surface area contributed by atoms with Crippen LogP contribution in [0.5, 0.6) is 0 Å². The fraction of sp³-hybridized carbons (Fsp3) is 0.231. The van der Waals surface area contributed by atoms with E-state index >= 15 is 0 Å². The van der Waals surface area contributed by atoms with Crippen molar-refractivity contribution in [3.63, 3.8) is 0 Å². The van der Waals surface area contributed by atoms with Crippen LogP contribution in [0.1, 0.15) is 24.3 Å². The summed E-state index contributed by atoms with van der Waals surface area (Å²) >= 11 is 6.74. The summed E-state index contributed by atoms with van der Waals surface area (Å²) in [4.78, 5) is 0. The van der Waals surface area contributed by atoms with Gasteiger partial charge < -0.3 is 9.73 Å². The van der Waals surface area contributed by atoms with Gasteiger partial charge in [-0.3, -0.25) is 0 Å². The summed E-state index contributed by atoms with van der Waals surface area (Å²) in [5.74, 6) is 0.472. The zero-order valence-electron chi connectivity index (χ0n) is 9.71. The van der Waals surface area contributed by atoms with Gasteiger partial charge >= 0.3 is 0 Å². The molecule has 0 spiro atoms. The number of halogens is 3. The molecule has 1 N–H and O–H groups in total. The largest absolute Gasteiger partial charge is 0.466 e. The second kappa shape index (κ2) is 5.99. The standard InChI is InChI=1S/C13H12Br2FNO/c1-2-17-12(13-11(15)3-4-18-13)8-5-9(14)7-10(16)6-8/h3-7,12,17H,2H2,1H3. The SMILES string of the molecule is CCNC(c1cc(F)cc(Br)c1)c1occc1Br. The Morgan fingerprint density at radius 1 is 1.33 bits per heavy atom. The minimum atomic E-state index is -0.273. The molecule has 18 heavy (non-hydrogen) atoms. The van der Waals surface area contributed by atoms with Crippen LogP contribution in [-0.2, 0) is 0 Å². The zero-order chi connectivity index (χ0) is 13.1. The highest BCUT2D eigenvalue weighted by molar-refractivity contribution is 9.10. The van der Waals surface area contributed by atoms with Gasteiger partial charge in [-0.15, -0.1) is 0 Å². The van der Waals surface area contributed by atoms with Gasteiger partial charge in [-0.1, -0.05) is 22.9 Å². The van der Waals surface area contributed by atoms with Crippen LogP contribution in [-0.4, -0.2) is 6.54 Å². The molecule has 0 amide bonds. The third kappa shape index (κ3) is 3.02. The van der Waals surface area contributed by atoms with E-state index in [9.17, 15) is 4.39 Å². The summed E-state index contributed by atoms with van der Waals surface area (Å²) in [5.41, 5.74) is 0.819. The molecule has 1 unspecified atom stereocenters. The monoisotopic (exact) mass is 375 g/mol. The van der Waals surface area contributed by atoms with Gasteiger partial charge in [0, 0.05) is 4.47 Å². The predicted molar refractivity (Wildman–Crippen MR) is 76.0 cm³/mol. The van der Waals surface area contributed by atoms with Crippen LogP contribution in [0.25, 0.3) is 0 Å². The predicted octanol–water partition coefficient (Wildman–Crippen LogP) is 4.64. The normalized spacial score (nSPS) is 12.7. The highest BCUT2D eigenvalue weighted by atomic mass is 79.9. The molecule has 2 nitrogen and oxygen atoms in total. The van der Waals surface area contributed by atoms with Gasteiger partial charge in [-0.05, 0) is 52.3 Å². The molecule has 2 aromatic rings. The van der Waals surface area contributed by atoms with E-state index in [4.69, 9.17) is 4.42 Å². The average molecular weight is 377 g/mol. The minimum absolute atomic E-state index is 0.175. The lowest BCUT2D eigenvalue weighted by atomic mass is 10.0. The van der Waals surface area contributed by atoms with E-state index in [0.29, 0.717) is 4.47 Å². The number of benzene rings is 1. The lowest BCUT2D eigenvalue weighted by Gasteiger charge is -2.17. The van der Waals surface area contributed by atoms with Crippen molar-refractivity contribution in [1.82, 2.24) is 5.32 Å². The molecule has 1 aromatic heterocycles. The molecule has 0 aliphatic rings. The Morgan fingerprint density at radius 2 is 2.11 bits per heavy atom. The Morgan fingerprint density at radius 3 is 2.67 bits per heavy atom. The van der Waals surface area contributed by atoms with E-state index in [-0.39, 0.29) is 11.9 Å². The van der Waals surface area contributed by atoms with Crippen molar-refractivity contribution in [2.24, 2.45) is 0 Å². The number of rotatable bonds is 4. The molecule has 1 aromatic carbocycles. The third-order valence-corrected chi connectivity index (χ3v) is 3.65. The Balaban J connectivity index is 2.44. The minimum Gasteiger partial charge on any atom is -0.466 e. The van der Waals surface area contributed by atoms with Crippen molar-refractivity contribution in [3.8, 4) is 0 Å². The van der Waals surface area contributed by atoms with E-state index in [1.54, 1.807) is 6.26 Å². The van der Waals surface area contributed by atoms with Crippen molar-refractivity contribution >= 4 is 31.9 Å². The molecule has 0 fully saturated rings. The number of hydrogen-bond donors (Lipinski definition) is 1. The average Bonchev–Trinajstić information content (AvgIpc) is 2.71. The van der Waals surface area contributed by atoms with E-state index in [1.165, 1.54) is 12.1 Å². The second-order valence-electron chi connectivity index (χ2n) is 3.83. The van der Waals surface area contributed by atoms with E-state index < -0.39 is 0 Å². The first-order valence-corrected chi connectivity index (χ1v) is 7.12. The fourth-order valence-electron chi connectivity index (χ4n) is 1.82. The maximum atomic E-state index is 13.5. The van der Waals surface area contributed by atoms with Gasteiger partial charge in [0.2, 0.25) is 0 Å². The lowest BCUT2D eigenvalue weighted by Crippen LogP contribution is -2.22. The van der Waals surface area contributed by atoms with Crippen LogP contribution in [0.4, 0.5) is 4.39 Å². The Labute approximate surface area is 122 Å². The summed E-state index contributed by atoms with van der Waals surface area (Å²) in [5, 5.41) is 3.29. The van der Waals surface area contributed by atoms with Crippen LogP contribution in [0.3, 0.4) is 0 Å². The maximum Gasteiger partial charge on any atom is 0.139 e. The zero-order valence-corrected chi connectivity index (χ0v) is 12.9. The third-order valence-electron chi connectivity index (χ3n) is 2.53. The van der Waals surface area contributed by atoms with Gasteiger partial charge in [0.25, 0.3) is 0 Å². The molecule has 0 aliphatic heterocycles. The molecule has 1 heterocycles. The van der Waals surface area contributed by atoms with E-state index in [2.05, 4.69) is 37.2 Å². The number of furan rings is 1. The molecule has 0 saturated heterocycles. The highest BCUT2D eigenvalue weighted by Crippen LogP contribution is 2.31. The van der Waals surface area contributed by atoms with Crippen molar-refractivity contribution in [3.05, 3.63) is 56.6 Å². The van der Waals surface area contributed by atoms with E-state index in [1.807, 2.05) is 19.1 Å². The summed E-state index contributed by atoms with van der Waals surface area (Å²) in [7, 11) is 0. The summed E-state index contributed by atoms with van der Waals surface area (Å²) in [6.45, 7) is 2.75. The Bertz CT molecular complexity index is 521. The Kier molecular flexibility index (Phi) is 4.59. The van der Waals surface area contributed by atoms with Crippen molar-refractivity contribution in [2.75, 3.05) is 6.54 Å². The van der Waals surface area contributed by atoms with Crippen LogP contribution < -0.4 is 5.32 Å². The van der Waals surface area contributed by atoms with Crippen LogP contribution in [0.15, 0.2) is 43.9 Å². The maximum absolute atomic E-state index is 13.5. The molecule has 5 heteroatoms. The molecular formula is C13H12Br2FNO. The van der Waals surface area contributed by atoms with Crippen LogP contribution in [0.2, 0.25) is 0 Å². The molecule has 96 valence electrons. The van der Waals surface area contributed by atoms with Gasteiger partial charge in [0.1, 0.15) is 11.6 Å². The number of hydrogen-bond acceptors (Lipinski definition) is 2. The first-order valence-electron chi connectivity index (χ1n) is 5.54. The van der Waals surface area contributed by atoms with Crippen molar-refractivity contribution in [2.45, 2.75) is 13.0 Å². The van der Waals surface area contributed by atoms with Crippen LogP contribution >= 0.6 is 31.9 Å². The lowest BCUT2D eigenvalue weighted by molar-refractivity contribution is 0.448. The topological polar surface area (TPSA) is 25.2 Å². The molecule has 0 aliphatic carbocycles. The van der Waals surface area contributed by atoms with E-state index in [0.717, 1.165) is 22.3 Å². The first-order chi connectivity index (χ1) is 8.61. The second-order valence-corrected chi connectivity index (χ2v) is 5.60. The van der Waals surface area contributed by atoms with Crippen LogP contribution in [0, 0.1) is 5.82 Å². The van der Waals surface area contributed by atoms with Gasteiger partial charge in [-0.2, -0.15) is 0 Å². The smallest absolute Gasteiger partial charge is 0.139 e. The van der Waals surface area contributed by atoms with Gasteiger partial charge in [0.05, 0.1) is 16.8 Å². The number of nitrogens with one attached hydrogen (secondary N) is 1. The van der Waals surface area contributed by atoms with Gasteiger partial charge in [0.15, 0.2) is 0 Å². The van der Waals surface area contributed by atoms with Crippen molar-refractivity contribution < 1.29 is 8.81 Å². The molecule has 0 bridgehead atoms. The highest BCUT2D eigenvalue weighted by Gasteiger charge is 2.20. The molecule has 1 atom stereocenters. The molecule has 2 rings (SSSR count). The summed E-state index contributed by atoms with van der Waals surface area (Å²) in [6, 6.07) is 6.47. The van der Waals surface area contributed by atoms with Gasteiger partial charge in [-0.25, -0.2) is 4.39 Å². The fourth-order valence-corrected chi connectivity index (χ4v) is 2.73. The quantitative estimate of drug-likeness (QED) is 0.840.